The van der Waals surface area contributed by atoms with E-state index in [0.29, 0.717) is 5.56 Å². The summed E-state index contributed by atoms with van der Waals surface area (Å²) in [5.41, 5.74) is 2.03. The van der Waals surface area contributed by atoms with Crippen LogP contribution in [0.15, 0.2) is 30.5 Å². The van der Waals surface area contributed by atoms with E-state index in [1.807, 2.05) is 36.6 Å². The Morgan fingerprint density at radius 2 is 2.05 bits per heavy atom. The van der Waals surface area contributed by atoms with Crippen LogP contribution in [-0.4, -0.2) is 32.6 Å². The normalized spacial score (nSPS) is 12.0. The van der Waals surface area contributed by atoms with Crippen molar-refractivity contribution >= 4 is 11.9 Å². The highest BCUT2D eigenvalue weighted by molar-refractivity contribution is 5.97. The predicted molar refractivity (Wildman–Crippen MR) is 77.6 cm³/mol. The van der Waals surface area contributed by atoms with Gasteiger partial charge in [-0.3, -0.25) is 9.59 Å². The number of carbonyl (C=O) groups is 2. The maximum absolute atomic E-state index is 12.2. The molecule has 1 amide bonds. The second kappa shape index (κ2) is 5.78. The molecule has 2 heterocycles. The Hall–Kier alpha value is -2.63. The second-order valence-electron chi connectivity index (χ2n) is 4.84. The molecule has 2 rings (SSSR count). The molecule has 2 N–H and O–H groups in total. The SMILES string of the molecule is Cc1cc(C(=O)N[C@@H](C)C(=O)O)c(C)n1-c1ccccn1. The lowest BCUT2D eigenvalue weighted by Crippen LogP contribution is -2.38. The van der Waals surface area contributed by atoms with Crippen LogP contribution in [-0.2, 0) is 4.79 Å². The number of carboxylic acids is 1. The zero-order valence-corrected chi connectivity index (χ0v) is 12.1. The predicted octanol–water partition coefficient (Wildman–Crippen LogP) is 1.69. The van der Waals surface area contributed by atoms with E-state index in [1.54, 1.807) is 12.3 Å². The van der Waals surface area contributed by atoms with Gasteiger partial charge in [0.05, 0.1) is 5.56 Å². The fraction of sp³-hybridized carbons (Fsp3) is 0.267. The van der Waals surface area contributed by atoms with Gasteiger partial charge in [0.1, 0.15) is 11.9 Å². The Balaban J connectivity index is 2.36. The zero-order chi connectivity index (χ0) is 15.6. The van der Waals surface area contributed by atoms with Gasteiger partial charge >= 0.3 is 5.97 Å². The Bertz CT molecular complexity index is 677. The largest absolute Gasteiger partial charge is 0.480 e. The Morgan fingerprint density at radius 3 is 2.62 bits per heavy atom. The van der Waals surface area contributed by atoms with Gasteiger partial charge in [-0.2, -0.15) is 0 Å². The summed E-state index contributed by atoms with van der Waals surface area (Å²) in [7, 11) is 0. The molecule has 0 unspecified atom stereocenters. The van der Waals surface area contributed by atoms with Crippen LogP contribution < -0.4 is 5.32 Å². The summed E-state index contributed by atoms with van der Waals surface area (Å²) >= 11 is 0. The second-order valence-corrected chi connectivity index (χ2v) is 4.84. The van der Waals surface area contributed by atoms with Crippen LogP contribution in [0.5, 0.6) is 0 Å². The molecule has 0 aliphatic rings. The quantitative estimate of drug-likeness (QED) is 0.896. The number of amides is 1. The average Bonchev–Trinajstić information content (AvgIpc) is 2.74. The molecule has 0 radical (unpaired) electrons. The molecule has 0 spiro atoms. The summed E-state index contributed by atoms with van der Waals surface area (Å²) in [5.74, 6) is -0.750. The minimum atomic E-state index is -1.07. The molecule has 1 atom stereocenters. The molecule has 0 aliphatic heterocycles. The van der Waals surface area contributed by atoms with Gasteiger partial charge in [-0.1, -0.05) is 6.07 Å². The number of aromatic nitrogens is 2. The molecule has 0 saturated heterocycles. The first-order chi connectivity index (χ1) is 9.91. The fourth-order valence-corrected chi connectivity index (χ4v) is 2.17. The number of nitrogens with zero attached hydrogens (tertiary/aromatic N) is 2. The van der Waals surface area contributed by atoms with E-state index in [0.717, 1.165) is 17.2 Å². The molecule has 0 bridgehead atoms. The Labute approximate surface area is 122 Å². The number of pyridine rings is 1. The van der Waals surface area contributed by atoms with Crippen LogP contribution in [0.4, 0.5) is 0 Å². The molecule has 2 aromatic heterocycles. The summed E-state index contributed by atoms with van der Waals surface area (Å²) in [5, 5.41) is 11.3. The van der Waals surface area contributed by atoms with Gasteiger partial charge in [-0.05, 0) is 39.0 Å². The lowest BCUT2D eigenvalue weighted by molar-refractivity contribution is -0.138. The number of hydrogen-bond donors (Lipinski definition) is 2. The van der Waals surface area contributed by atoms with Crippen molar-refractivity contribution in [1.29, 1.82) is 0 Å². The molecule has 0 aromatic carbocycles. The summed E-state index contributed by atoms with van der Waals surface area (Å²) in [4.78, 5) is 27.3. The van der Waals surface area contributed by atoms with E-state index in [2.05, 4.69) is 10.3 Å². The molecule has 21 heavy (non-hydrogen) atoms. The van der Waals surface area contributed by atoms with Crippen LogP contribution >= 0.6 is 0 Å². The number of aliphatic carboxylic acids is 1. The van der Waals surface area contributed by atoms with E-state index >= 15 is 0 Å². The number of carboxylic acid groups (broad SMARTS) is 1. The molecule has 2 aromatic rings. The van der Waals surface area contributed by atoms with Gasteiger partial charge in [0.15, 0.2) is 0 Å². The molecular formula is C15H17N3O3. The van der Waals surface area contributed by atoms with Crippen molar-refractivity contribution < 1.29 is 14.7 Å². The van der Waals surface area contributed by atoms with Crippen molar-refractivity contribution in [3.63, 3.8) is 0 Å². The first kappa shape index (κ1) is 14.8. The van der Waals surface area contributed by atoms with Crippen molar-refractivity contribution in [2.75, 3.05) is 0 Å². The lowest BCUT2D eigenvalue weighted by atomic mass is 10.2. The van der Waals surface area contributed by atoms with E-state index in [4.69, 9.17) is 5.11 Å². The highest BCUT2D eigenvalue weighted by atomic mass is 16.4. The third-order valence-corrected chi connectivity index (χ3v) is 3.27. The molecule has 110 valence electrons. The number of nitrogens with one attached hydrogen (secondary N) is 1. The number of carbonyl (C=O) groups excluding carboxylic acids is 1. The van der Waals surface area contributed by atoms with E-state index < -0.39 is 17.9 Å². The minimum absolute atomic E-state index is 0.403. The summed E-state index contributed by atoms with van der Waals surface area (Å²) in [6.07, 6.45) is 1.68. The van der Waals surface area contributed by atoms with Crippen molar-refractivity contribution in [3.8, 4) is 5.82 Å². The van der Waals surface area contributed by atoms with Crippen LogP contribution in [0.2, 0.25) is 0 Å². The third kappa shape index (κ3) is 2.94. The van der Waals surface area contributed by atoms with Crippen molar-refractivity contribution in [2.45, 2.75) is 26.8 Å². The van der Waals surface area contributed by atoms with Crippen LogP contribution in [0.3, 0.4) is 0 Å². The monoisotopic (exact) mass is 287 g/mol. The van der Waals surface area contributed by atoms with Gasteiger partial charge in [-0.15, -0.1) is 0 Å². The molecular weight excluding hydrogens is 270 g/mol. The first-order valence-electron chi connectivity index (χ1n) is 6.56. The third-order valence-electron chi connectivity index (χ3n) is 3.27. The number of rotatable bonds is 4. The maximum atomic E-state index is 12.2. The lowest BCUT2D eigenvalue weighted by Gasteiger charge is -2.10. The maximum Gasteiger partial charge on any atom is 0.325 e. The van der Waals surface area contributed by atoms with Gasteiger partial charge < -0.3 is 15.0 Å². The highest BCUT2D eigenvalue weighted by Gasteiger charge is 2.20. The van der Waals surface area contributed by atoms with Gasteiger partial charge in [0, 0.05) is 17.6 Å². The Kier molecular flexibility index (Phi) is 4.07. The smallest absolute Gasteiger partial charge is 0.325 e. The molecule has 0 fully saturated rings. The molecule has 6 nitrogen and oxygen atoms in total. The minimum Gasteiger partial charge on any atom is -0.480 e. The fourth-order valence-electron chi connectivity index (χ4n) is 2.17. The van der Waals surface area contributed by atoms with Crippen LogP contribution in [0.1, 0.15) is 28.7 Å². The molecule has 0 aliphatic carbocycles. The van der Waals surface area contributed by atoms with Gasteiger partial charge in [0.2, 0.25) is 0 Å². The highest BCUT2D eigenvalue weighted by Crippen LogP contribution is 2.19. The van der Waals surface area contributed by atoms with E-state index in [9.17, 15) is 9.59 Å². The standard InChI is InChI=1S/C15H17N3O3/c1-9-8-12(14(19)17-10(2)15(20)21)11(3)18(9)13-6-4-5-7-16-13/h4-8,10H,1-3H3,(H,17,19)(H,20,21)/t10-/m0/s1. The number of hydrogen-bond acceptors (Lipinski definition) is 3. The van der Waals surface area contributed by atoms with Gasteiger partial charge in [0.25, 0.3) is 5.91 Å². The zero-order valence-electron chi connectivity index (χ0n) is 12.1. The molecule has 6 heteroatoms. The van der Waals surface area contributed by atoms with Crippen LogP contribution in [0.25, 0.3) is 5.82 Å². The first-order valence-corrected chi connectivity index (χ1v) is 6.56. The summed E-state index contributed by atoms with van der Waals surface area (Å²) in [6, 6.07) is 6.33. The summed E-state index contributed by atoms with van der Waals surface area (Å²) in [6.45, 7) is 5.11. The van der Waals surface area contributed by atoms with Crippen molar-refractivity contribution in [3.05, 3.63) is 47.4 Å². The van der Waals surface area contributed by atoms with Crippen molar-refractivity contribution in [2.24, 2.45) is 0 Å². The molecule has 0 saturated carbocycles. The van der Waals surface area contributed by atoms with E-state index in [1.165, 1.54) is 6.92 Å². The Morgan fingerprint density at radius 1 is 1.33 bits per heavy atom. The van der Waals surface area contributed by atoms with Crippen LogP contribution in [0, 0.1) is 13.8 Å². The average molecular weight is 287 g/mol. The number of aryl methyl sites for hydroxylation is 1. The summed E-state index contributed by atoms with van der Waals surface area (Å²) < 4.78 is 1.86. The van der Waals surface area contributed by atoms with Crippen molar-refractivity contribution in [1.82, 2.24) is 14.9 Å². The topological polar surface area (TPSA) is 84.2 Å². The van der Waals surface area contributed by atoms with Gasteiger partial charge in [-0.25, -0.2) is 4.98 Å². The van der Waals surface area contributed by atoms with E-state index in [-0.39, 0.29) is 0 Å².